The quantitative estimate of drug-likeness (QED) is 0.831. The second-order valence-corrected chi connectivity index (χ2v) is 5.46. The standard InChI is InChI=1S/C16H27N3O/c1-3-12-20-15-6-5-9-17-16(15)18-13-14-7-10-19(4-2)11-8-14/h5-6,9,14H,3-4,7-8,10-13H2,1-2H3,(H,17,18). The summed E-state index contributed by atoms with van der Waals surface area (Å²) in [6.45, 7) is 9.73. The van der Waals surface area contributed by atoms with Crippen molar-refractivity contribution < 1.29 is 4.74 Å². The molecule has 1 aliphatic heterocycles. The fourth-order valence-electron chi connectivity index (χ4n) is 2.60. The van der Waals surface area contributed by atoms with Gasteiger partial charge in [-0.3, -0.25) is 0 Å². The SMILES string of the molecule is CCCOc1cccnc1NCC1CCN(CC)CC1. The number of piperidine rings is 1. The minimum Gasteiger partial charge on any atom is -0.490 e. The third kappa shape index (κ3) is 4.37. The smallest absolute Gasteiger partial charge is 0.168 e. The Morgan fingerprint density at radius 1 is 1.35 bits per heavy atom. The molecule has 0 aliphatic carbocycles. The maximum Gasteiger partial charge on any atom is 0.168 e. The number of anilines is 1. The molecule has 0 amide bonds. The molecule has 0 bridgehead atoms. The topological polar surface area (TPSA) is 37.4 Å². The molecule has 1 aromatic heterocycles. The summed E-state index contributed by atoms with van der Waals surface area (Å²) in [6.07, 6.45) is 5.39. The molecule has 1 fully saturated rings. The number of nitrogens with one attached hydrogen (secondary N) is 1. The highest BCUT2D eigenvalue weighted by molar-refractivity contribution is 5.49. The van der Waals surface area contributed by atoms with Crippen LogP contribution in [-0.4, -0.2) is 42.7 Å². The first-order valence-corrected chi connectivity index (χ1v) is 7.87. The van der Waals surface area contributed by atoms with E-state index in [9.17, 15) is 0 Å². The third-order valence-corrected chi connectivity index (χ3v) is 3.94. The van der Waals surface area contributed by atoms with Gasteiger partial charge < -0.3 is 15.0 Å². The Morgan fingerprint density at radius 3 is 2.85 bits per heavy atom. The van der Waals surface area contributed by atoms with E-state index in [-0.39, 0.29) is 0 Å². The van der Waals surface area contributed by atoms with Gasteiger partial charge in [-0.2, -0.15) is 0 Å². The van der Waals surface area contributed by atoms with Crippen molar-refractivity contribution in [1.29, 1.82) is 0 Å². The van der Waals surface area contributed by atoms with Gasteiger partial charge in [0.2, 0.25) is 0 Å². The summed E-state index contributed by atoms with van der Waals surface area (Å²) < 4.78 is 5.73. The van der Waals surface area contributed by atoms with E-state index < -0.39 is 0 Å². The molecular weight excluding hydrogens is 250 g/mol. The molecule has 0 atom stereocenters. The second kappa shape index (κ2) is 8.10. The normalized spacial score (nSPS) is 17.1. The minimum absolute atomic E-state index is 0.745. The molecule has 1 aliphatic rings. The fourth-order valence-corrected chi connectivity index (χ4v) is 2.60. The Labute approximate surface area is 122 Å². The lowest BCUT2D eigenvalue weighted by Gasteiger charge is -2.31. The van der Waals surface area contributed by atoms with Crippen molar-refractivity contribution in [2.45, 2.75) is 33.1 Å². The van der Waals surface area contributed by atoms with Gasteiger partial charge in [0, 0.05) is 12.7 Å². The van der Waals surface area contributed by atoms with Crippen LogP contribution in [0.3, 0.4) is 0 Å². The summed E-state index contributed by atoms with van der Waals surface area (Å²) in [5.41, 5.74) is 0. The van der Waals surface area contributed by atoms with Gasteiger partial charge in [-0.1, -0.05) is 13.8 Å². The minimum atomic E-state index is 0.745. The van der Waals surface area contributed by atoms with Crippen molar-refractivity contribution in [3.05, 3.63) is 18.3 Å². The van der Waals surface area contributed by atoms with E-state index in [1.807, 2.05) is 18.3 Å². The Balaban J connectivity index is 1.81. The van der Waals surface area contributed by atoms with Gasteiger partial charge >= 0.3 is 0 Å². The molecule has 0 unspecified atom stereocenters. The van der Waals surface area contributed by atoms with Crippen LogP contribution in [0.1, 0.15) is 33.1 Å². The van der Waals surface area contributed by atoms with Crippen molar-refractivity contribution in [2.24, 2.45) is 5.92 Å². The van der Waals surface area contributed by atoms with Crippen LogP contribution in [0.4, 0.5) is 5.82 Å². The number of aromatic nitrogens is 1. The highest BCUT2D eigenvalue weighted by Crippen LogP contribution is 2.23. The predicted octanol–water partition coefficient (Wildman–Crippen LogP) is 3.01. The van der Waals surface area contributed by atoms with Gasteiger partial charge in [-0.25, -0.2) is 4.98 Å². The Hall–Kier alpha value is -1.29. The summed E-state index contributed by atoms with van der Waals surface area (Å²) >= 11 is 0. The summed E-state index contributed by atoms with van der Waals surface area (Å²) in [5, 5.41) is 3.47. The summed E-state index contributed by atoms with van der Waals surface area (Å²) in [4.78, 5) is 6.92. The number of hydrogen-bond donors (Lipinski definition) is 1. The van der Waals surface area contributed by atoms with Crippen LogP contribution in [-0.2, 0) is 0 Å². The zero-order valence-corrected chi connectivity index (χ0v) is 12.8. The number of rotatable bonds is 7. The van der Waals surface area contributed by atoms with Crippen LogP contribution in [0.2, 0.25) is 0 Å². The number of nitrogens with zero attached hydrogens (tertiary/aromatic N) is 2. The van der Waals surface area contributed by atoms with Crippen molar-refractivity contribution >= 4 is 5.82 Å². The lowest BCUT2D eigenvalue weighted by Crippen LogP contribution is -2.35. The van der Waals surface area contributed by atoms with Crippen LogP contribution < -0.4 is 10.1 Å². The summed E-state index contributed by atoms with van der Waals surface area (Å²) in [7, 11) is 0. The Bertz CT molecular complexity index is 389. The zero-order valence-electron chi connectivity index (χ0n) is 12.8. The van der Waals surface area contributed by atoms with Crippen molar-refractivity contribution in [1.82, 2.24) is 9.88 Å². The van der Waals surface area contributed by atoms with Crippen LogP contribution >= 0.6 is 0 Å². The lowest BCUT2D eigenvalue weighted by molar-refractivity contribution is 0.198. The average molecular weight is 277 g/mol. The van der Waals surface area contributed by atoms with Gasteiger partial charge in [0.1, 0.15) is 0 Å². The molecule has 1 saturated heterocycles. The van der Waals surface area contributed by atoms with Gasteiger partial charge in [0.15, 0.2) is 11.6 Å². The summed E-state index contributed by atoms with van der Waals surface area (Å²) in [6, 6.07) is 3.92. The molecule has 0 spiro atoms. The van der Waals surface area contributed by atoms with E-state index in [0.29, 0.717) is 0 Å². The molecule has 0 saturated carbocycles. The molecule has 1 aromatic rings. The molecule has 2 rings (SSSR count). The highest BCUT2D eigenvalue weighted by atomic mass is 16.5. The van der Waals surface area contributed by atoms with Crippen LogP contribution in [0.25, 0.3) is 0 Å². The van der Waals surface area contributed by atoms with Crippen LogP contribution in [0.15, 0.2) is 18.3 Å². The van der Waals surface area contributed by atoms with Gasteiger partial charge in [-0.15, -0.1) is 0 Å². The molecule has 0 aromatic carbocycles. The molecule has 4 nitrogen and oxygen atoms in total. The van der Waals surface area contributed by atoms with E-state index in [4.69, 9.17) is 4.74 Å². The third-order valence-electron chi connectivity index (χ3n) is 3.94. The van der Waals surface area contributed by atoms with Crippen molar-refractivity contribution in [3.8, 4) is 5.75 Å². The molecule has 0 radical (unpaired) electrons. The van der Waals surface area contributed by atoms with Crippen molar-refractivity contribution in [2.75, 3.05) is 38.1 Å². The molecular formula is C16H27N3O. The average Bonchev–Trinajstić information content (AvgIpc) is 2.52. The summed E-state index contributed by atoms with van der Waals surface area (Å²) in [5.74, 6) is 2.51. The first kappa shape index (κ1) is 15.1. The maximum atomic E-state index is 5.73. The number of likely N-dealkylation sites (tertiary alicyclic amines) is 1. The fraction of sp³-hybridized carbons (Fsp3) is 0.688. The van der Waals surface area contributed by atoms with Crippen molar-refractivity contribution in [3.63, 3.8) is 0 Å². The van der Waals surface area contributed by atoms with E-state index in [1.165, 1.54) is 32.5 Å². The molecule has 4 heteroatoms. The highest BCUT2D eigenvalue weighted by Gasteiger charge is 2.18. The Morgan fingerprint density at radius 2 is 2.15 bits per heavy atom. The Kier molecular flexibility index (Phi) is 6.12. The molecule has 112 valence electrons. The molecule has 2 heterocycles. The molecule has 1 N–H and O–H groups in total. The zero-order chi connectivity index (χ0) is 14.2. The van der Waals surface area contributed by atoms with E-state index in [0.717, 1.165) is 37.1 Å². The van der Waals surface area contributed by atoms with E-state index in [1.54, 1.807) is 0 Å². The number of pyridine rings is 1. The van der Waals surface area contributed by atoms with Gasteiger partial charge in [0.05, 0.1) is 6.61 Å². The van der Waals surface area contributed by atoms with Gasteiger partial charge in [-0.05, 0) is 56.9 Å². The lowest BCUT2D eigenvalue weighted by atomic mass is 9.97. The van der Waals surface area contributed by atoms with Crippen LogP contribution in [0, 0.1) is 5.92 Å². The number of hydrogen-bond acceptors (Lipinski definition) is 4. The van der Waals surface area contributed by atoms with E-state index >= 15 is 0 Å². The maximum absolute atomic E-state index is 5.73. The first-order valence-electron chi connectivity index (χ1n) is 7.87. The molecule has 20 heavy (non-hydrogen) atoms. The largest absolute Gasteiger partial charge is 0.490 e. The van der Waals surface area contributed by atoms with Gasteiger partial charge in [0.25, 0.3) is 0 Å². The predicted molar refractivity (Wildman–Crippen MR) is 83.4 cm³/mol. The first-order chi connectivity index (χ1) is 9.83. The second-order valence-electron chi connectivity index (χ2n) is 5.46. The number of ether oxygens (including phenoxy) is 1. The monoisotopic (exact) mass is 277 g/mol. The van der Waals surface area contributed by atoms with E-state index in [2.05, 4.69) is 29.0 Å². The van der Waals surface area contributed by atoms with Crippen LogP contribution in [0.5, 0.6) is 5.75 Å².